The van der Waals surface area contributed by atoms with Gasteiger partial charge in [-0.2, -0.15) is 0 Å². The van der Waals surface area contributed by atoms with Crippen LogP contribution in [0.5, 0.6) is 0 Å². The van der Waals surface area contributed by atoms with E-state index in [-0.39, 0.29) is 0 Å². The van der Waals surface area contributed by atoms with Crippen LogP contribution >= 0.6 is 0 Å². The van der Waals surface area contributed by atoms with Crippen LogP contribution in [0.25, 0.3) is 0 Å². The van der Waals surface area contributed by atoms with E-state index in [4.69, 9.17) is 13.3 Å². The van der Waals surface area contributed by atoms with Gasteiger partial charge in [0.05, 0.1) is 0 Å². The van der Waals surface area contributed by atoms with Gasteiger partial charge in [0.2, 0.25) is 0 Å². The van der Waals surface area contributed by atoms with Crippen molar-refractivity contribution in [2.45, 2.75) is 20.8 Å². The Balaban J connectivity index is 2.99. The molecule has 6 heteroatoms. The van der Waals surface area contributed by atoms with Crippen molar-refractivity contribution in [2.24, 2.45) is 0 Å². The average Bonchev–Trinajstić information content (AvgIpc) is 2.31. The topological polar surface area (TPSA) is 53.5 Å². The van der Waals surface area contributed by atoms with E-state index in [0.29, 0.717) is 25.3 Å². The zero-order valence-corrected chi connectivity index (χ0v) is 11.0. The van der Waals surface area contributed by atoms with Gasteiger partial charge in [0.15, 0.2) is 5.45 Å². The fourth-order valence-corrected chi connectivity index (χ4v) is 3.59. The Morgan fingerprint density at radius 3 is 1.75 bits per heavy atom. The number of aromatic nitrogens is 2. The monoisotopic (exact) mass is 242 g/mol. The third kappa shape index (κ3) is 3.08. The quantitative estimate of drug-likeness (QED) is 0.660. The minimum atomic E-state index is -2.89. The molecule has 0 atom stereocenters. The molecule has 0 aliphatic heterocycles. The molecule has 1 rings (SSSR count). The van der Waals surface area contributed by atoms with Crippen LogP contribution in [0.3, 0.4) is 0 Å². The molecule has 0 aliphatic rings. The lowest BCUT2D eigenvalue weighted by Crippen LogP contribution is -2.59. The lowest BCUT2D eigenvalue weighted by atomic mass is 10.7. The molecule has 0 bridgehead atoms. The van der Waals surface area contributed by atoms with Crippen molar-refractivity contribution in [3.8, 4) is 0 Å². The molecule has 0 N–H and O–H groups in total. The summed E-state index contributed by atoms with van der Waals surface area (Å²) in [7, 11) is -2.89. The van der Waals surface area contributed by atoms with E-state index < -0.39 is 8.80 Å². The van der Waals surface area contributed by atoms with E-state index >= 15 is 0 Å². The summed E-state index contributed by atoms with van der Waals surface area (Å²) >= 11 is 0. The van der Waals surface area contributed by atoms with Gasteiger partial charge in [0.25, 0.3) is 0 Å². The second-order valence-corrected chi connectivity index (χ2v) is 5.35. The van der Waals surface area contributed by atoms with Gasteiger partial charge in [0.1, 0.15) is 0 Å². The summed E-state index contributed by atoms with van der Waals surface area (Å²) in [5.74, 6) is 0. The highest BCUT2D eigenvalue weighted by Crippen LogP contribution is 2.08. The van der Waals surface area contributed by atoms with Crippen LogP contribution in [0, 0.1) is 0 Å². The van der Waals surface area contributed by atoms with Gasteiger partial charge in [-0.05, 0) is 26.8 Å². The van der Waals surface area contributed by atoms with Crippen molar-refractivity contribution in [2.75, 3.05) is 19.8 Å². The third-order valence-corrected chi connectivity index (χ3v) is 4.65. The summed E-state index contributed by atoms with van der Waals surface area (Å²) in [6.45, 7) is 7.27. The van der Waals surface area contributed by atoms with E-state index in [1.807, 2.05) is 20.8 Å². The maximum absolute atomic E-state index is 5.67. The van der Waals surface area contributed by atoms with Crippen molar-refractivity contribution < 1.29 is 13.3 Å². The molecule has 0 fully saturated rings. The van der Waals surface area contributed by atoms with E-state index in [9.17, 15) is 0 Å². The Bertz CT molecular complexity index is 280. The summed E-state index contributed by atoms with van der Waals surface area (Å²) in [6, 6.07) is 1.76. The molecule has 1 aromatic heterocycles. The summed E-state index contributed by atoms with van der Waals surface area (Å²) < 4.78 is 17.0. The predicted molar refractivity (Wildman–Crippen MR) is 62.3 cm³/mol. The van der Waals surface area contributed by atoms with Gasteiger partial charge < -0.3 is 13.3 Å². The van der Waals surface area contributed by atoms with Crippen molar-refractivity contribution in [3.63, 3.8) is 0 Å². The SMILES string of the molecule is CCO[Si](OCC)(OCC)c1ncccn1. The molecule has 5 nitrogen and oxygen atoms in total. The van der Waals surface area contributed by atoms with Crippen LogP contribution in [0.4, 0.5) is 0 Å². The van der Waals surface area contributed by atoms with Gasteiger partial charge in [-0.1, -0.05) is 0 Å². The molecule has 0 spiro atoms. The van der Waals surface area contributed by atoms with E-state index in [1.54, 1.807) is 18.5 Å². The molecule has 0 amide bonds. The van der Waals surface area contributed by atoms with Gasteiger partial charge in [-0.3, -0.25) is 0 Å². The highest BCUT2D eigenvalue weighted by molar-refractivity contribution is 6.73. The van der Waals surface area contributed by atoms with Crippen LogP contribution in [0.2, 0.25) is 0 Å². The molecule has 16 heavy (non-hydrogen) atoms. The molecule has 0 aliphatic carbocycles. The zero-order valence-electron chi connectivity index (χ0n) is 9.97. The summed E-state index contributed by atoms with van der Waals surface area (Å²) in [4.78, 5) is 8.37. The molecular formula is C10H18N2O3Si. The maximum Gasteiger partial charge on any atom is 0.576 e. The standard InChI is InChI=1S/C10H18N2O3Si/c1-4-13-16(14-5-2,15-6-3)10-11-8-7-9-12-10/h7-9H,4-6H2,1-3H3. The zero-order chi connectivity index (χ0) is 11.9. The second-order valence-electron chi connectivity index (χ2n) is 2.93. The van der Waals surface area contributed by atoms with E-state index in [1.165, 1.54) is 0 Å². The fourth-order valence-electron chi connectivity index (χ4n) is 1.35. The molecular weight excluding hydrogens is 224 g/mol. The Kier molecular flexibility index (Phi) is 5.54. The van der Waals surface area contributed by atoms with Crippen molar-refractivity contribution in [1.82, 2.24) is 9.97 Å². The van der Waals surface area contributed by atoms with Crippen LogP contribution in [0.1, 0.15) is 20.8 Å². The molecule has 0 aromatic carbocycles. The largest absolute Gasteiger partial charge is 0.576 e. The third-order valence-electron chi connectivity index (χ3n) is 1.84. The van der Waals surface area contributed by atoms with Crippen LogP contribution in [0.15, 0.2) is 18.5 Å². The van der Waals surface area contributed by atoms with Gasteiger partial charge in [-0.25, -0.2) is 9.97 Å². The second kappa shape index (κ2) is 6.69. The molecule has 90 valence electrons. The van der Waals surface area contributed by atoms with Gasteiger partial charge >= 0.3 is 8.80 Å². The first kappa shape index (κ1) is 13.2. The van der Waals surface area contributed by atoms with Gasteiger partial charge in [-0.15, -0.1) is 0 Å². The number of nitrogens with zero attached hydrogens (tertiary/aromatic N) is 2. The molecule has 0 radical (unpaired) electrons. The van der Waals surface area contributed by atoms with Crippen molar-refractivity contribution in [1.29, 1.82) is 0 Å². The Hall–Kier alpha value is -0.823. The van der Waals surface area contributed by atoms with Gasteiger partial charge in [0, 0.05) is 32.2 Å². The Morgan fingerprint density at radius 1 is 0.938 bits per heavy atom. The average molecular weight is 242 g/mol. The number of hydrogen-bond donors (Lipinski definition) is 0. The number of rotatable bonds is 7. The molecule has 1 heterocycles. The summed E-state index contributed by atoms with van der Waals surface area (Å²) in [6.07, 6.45) is 3.34. The molecule has 0 saturated heterocycles. The molecule has 0 saturated carbocycles. The minimum Gasteiger partial charge on any atom is -0.369 e. The minimum absolute atomic E-state index is 0.518. The highest BCUT2D eigenvalue weighted by Gasteiger charge is 2.46. The Morgan fingerprint density at radius 2 is 1.38 bits per heavy atom. The molecule has 0 unspecified atom stereocenters. The van der Waals surface area contributed by atoms with Crippen molar-refractivity contribution >= 4 is 14.3 Å². The van der Waals surface area contributed by atoms with E-state index in [0.717, 1.165) is 0 Å². The predicted octanol–water partition coefficient (Wildman–Crippen LogP) is 0.732. The maximum atomic E-state index is 5.67. The fraction of sp³-hybridized carbons (Fsp3) is 0.600. The lowest BCUT2D eigenvalue weighted by Gasteiger charge is -2.26. The van der Waals surface area contributed by atoms with E-state index in [2.05, 4.69) is 9.97 Å². The normalized spacial score (nSPS) is 11.7. The molecule has 1 aromatic rings. The van der Waals surface area contributed by atoms with Crippen LogP contribution < -0.4 is 5.45 Å². The first-order valence-electron chi connectivity index (χ1n) is 5.48. The smallest absolute Gasteiger partial charge is 0.369 e. The number of hydrogen-bond acceptors (Lipinski definition) is 5. The van der Waals surface area contributed by atoms with Crippen LogP contribution in [-0.2, 0) is 13.3 Å². The Labute approximate surface area is 97.2 Å². The highest BCUT2D eigenvalue weighted by atomic mass is 28.4. The first-order chi connectivity index (χ1) is 7.79. The van der Waals surface area contributed by atoms with Crippen molar-refractivity contribution in [3.05, 3.63) is 18.5 Å². The lowest BCUT2D eigenvalue weighted by molar-refractivity contribution is 0.0841. The van der Waals surface area contributed by atoms with Crippen LogP contribution in [-0.4, -0.2) is 38.6 Å². The summed E-state index contributed by atoms with van der Waals surface area (Å²) in [5.41, 5.74) is 0.528. The first-order valence-corrected chi connectivity index (χ1v) is 7.20. The summed E-state index contributed by atoms with van der Waals surface area (Å²) in [5, 5.41) is 0.